The summed E-state index contributed by atoms with van der Waals surface area (Å²) < 4.78 is 1.92. The molecule has 7 heteroatoms. The summed E-state index contributed by atoms with van der Waals surface area (Å²) in [5.41, 5.74) is 2.26. The minimum atomic E-state index is 0.453. The molecule has 2 aromatic heterocycles. The Hall–Kier alpha value is -2.93. The van der Waals surface area contributed by atoms with Gasteiger partial charge in [0.2, 0.25) is 0 Å². The lowest BCUT2D eigenvalue weighted by Gasteiger charge is -2.26. The minimum Gasteiger partial charge on any atom is -0.373 e. The van der Waals surface area contributed by atoms with E-state index in [1.54, 1.807) is 6.33 Å². The summed E-state index contributed by atoms with van der Waals surface area (Å²) in [7, 11) is 1.88. The van der Waals surface area contributed by atoms with Gasteiger partial charge in [0.25, 0.3) is 0 Å². The van der Waals surface area contributed by atoms with Gasteiger partial charge in [-0.15, -0.1) is 0 Å². The van der Waals surface area contributed by atoms with Crippen molar-refractivity contribution >= 4 is 11.6 Å². The van der Waals surface area contributed by atoms with Crippen molar-refractivity contribution < 1.29 is 0 Å². The summed E-state index contributed by atoms with van der Waals surface area (Å²) in [6.45, 7) is 2.77. The molecule has 0 saturated carbocycles. The fourth-order valence-electron chi connectivity index (χ4n) is 3.55. The smallest absolute Gasteiger partial charge is 0.134 e. The maximum atomic E-state index is 4.46. The second-order valence-electron chi connectivity index (χ2n) is 6.76. The summed E-state index contributed by atoms with van der Waals surface area (Å²) in [4.78, 5) is 11.0. The molecule has 1 aliphatic heterocycles. The van der Waals surface area contributed by atoms with Gasteiger partial charge < -0.3 is 15.5 Å². The van der Waals surface area contributed by atoms with Crippen molar-refractivity contribution in [3.63, 3.8) is 0 Å². The molecular weight excluding hydrogens is 338 g/mol. The van der Waals surface area contributed by atoms with E-state index >= 15 is 0 Å². The highest BCUT2D eigenvalue weighted by molar-refractivity contribution is 5.49. The number of hydrogen-bond donors (Lipinski definition) is 2. The number of benzene rings is 1. The van der Waals surface area contributed by atoms with E-state index in [1.807, 2.05) is 42.2 Å². The summed E-state index contributed by atoms with van der Waals surface area (Å²) >= 11 is 0. The standard InChI is InChI=1S/C20H25N7/c1-21-19-10-20(24-15-23-19)26-9-5-8-18(26)13-22-11-16-12-25-27(14-16)17-6-3-2-4-7-17/h2-4,6-7,10,12,14-15,18,22H,5,8-9,11,13H2,1H3,(H,21,23,24). The molecule has 2 N–H and O–H groups in total. The van der Waals surface area contributed by atoms with E-state index < -0.39 is 0 Å². The second kappa shape index (κ2) is 8.18. The number of para-hydroxylation sites is 1. The third kappa shape index (κ3) is 4.09. The van der Waals surface area contributed by atoms with Crippen LogP contribution in [0.2, 0.25) is 0 Å². The fraction of sp³-hybridized carbons (Fsp3) is 0.350. The van der Waals surface area contributed by atoms with E-state index in [0.717, 1.165) is 37.0 Å². The normalized spacial score (nSPS) is 16.6. The molecule has 0 bridgehead atoms. The molecule has 3 aromatic rings. The van der Waals surface area contributed by atoms with Crippen LogP contribution in [0.5, 0.6) is 0 Å². The van der Waals surface area contributed by atoms with Crippen molar-refractivity contribution in [3.8, 4) is 5.69 Å². The molecule has 7 nitrogen and oxygen atoms in total. The first kappa shape index (κ1) is 17.5. The van der Waals surface area contributed by atoms with Crippen LogP contribution in [-0.2, 0) is 6.54 Å². The molecule has 0 radical (unpaired) electrons. The topological polar surface area (TPSA) is 70.9 Å². The van der Waals surface area contributed by atoms with Crippen LogP contribution in [0, 0.1) is 0 Å². The molecule has 140 valence electrons. The van der Waals surface area contributed by atoms with Gasteiger partial charge in [-0.25, -0.2) is 14.6 Å². The molecule has 1 atom stereocenters. The monoisotopic (exact) mass is 363 g/mol. The maximum Gasteiger partial charge on any atom is 0.134 e. The molecule has 0 spiro atoms. The summed E-state index contributed by atoms with van der Waals surface area (Å²) in [5, 5.41) is 11.1. The SMILES string of the molecule is CNc1cc(N2CCCC2CNCc2cnn(-c3ccccc3)c2)ncn1. The Morgan fingerprint density at radius 2 is 2.07 bits per heavy atom. The maximum absolute atomic E-state index is 4.46. The first-order valence-electron chi connectivity index (χ1n) is 9.39. The molecular formula is C20H25N7. The van der Waals surface area contributed by atoms with E-state index in [0.29, 0.717) is 6.04 Å². The Morgan fingerprint density at radius 3 is 2.93 bits per heavy atom. The van der Waals surface area contributed by atoms with Crippen LogP contribution in [0.15, 0.2) is 55.1 Å². The zero-order valence-electron chi connectivity index (χ0n) is 15.5. The van der Waals surface area contributed by atoms with E-state index in [2.05, 4.69) is 48.9 Å². The van der Waals surface area contributed by atoms with Gasteiger partial charge in [-0.1, -0.05) is 18.2 Å². The zero-order valence-corrected chi connectivity index (χ0v) is 15.5. The van der Waals surface area contributed by atoms with E-state index in [1.165, 1.54) is 18.4 Å². The van der Waals surface area contributed by atoms with E-state index in [9.17, 15) is 0 Å². The van der Waals surface area contributed by atoms with Crippen LogP contribution in [0.1, 0.15) is 18.4 Å². The quantitative estimate of drug-likeness (QED) is 0.672. The third-order valence-corrected chi connectivity index (χ3v) is 4.95. The van der Waals surface area contributed by atoms with Crippen LogP contribution in [0.25, 0.3) is 5.69 Å². The van der Waals surface area contributed by atoms with Crippen molar-refractivity contribution in [2.45, 2.75) is 25.4 Å². The Balaban J connectivity index is 1.34. The van der Waals surface area contributed by atoms with Crippen LogP contribution in [0.3, 0.4) is 0 Å². The molecule has 1 saturated heterocycles. The molecule has 0 amide bonds. The number of hydrogen-bond acceptors (Lipinski definition) is 6. The summed E-state index contributed by atoms with van der Waals surface area (Å²) in [6.07, 6.45) is 8.00. The van der Waals surface area contributed by atoms with Gasteiger partial charge in [-0.3, -0.25) is 0 Å². The van der Waals surface area contributed by atoms with Gasteiger partial charge in [0.05, 0.1) is 11.9 Å². The average Bonchev–Trinajstić information content (AvgIpc) is 3.38. The van der Waals surface area contributed by atoms with Crippen LogP contribution < -0.4 is 15.5 Å². The molecule has 0 aliphatic carbocycles. The average molecular weight is 363 g/mol. The summed E-state index contributed by atoms with van der Waals surface area (Å²) in [6, 6.07) is 12.6. The van der Waals surface area contributed by atoms with Gasteiger partial charge in [0.15, 0.2) is 0 Å². The van der Waals surface area contributed by atoms with E-state index in [-0.39, 0.29) is 0 Å². The molecule has 27 heavy (non-hydrogen) atoms. The molecule has 1 unspecified atom stereocenters. The lowest BCUT2D eigenvalue weighted by atomic mass is 10.2. The Kier molecular flexibility index (Phi) is 5.29. The molecule has 3 heterocycles. The van der Waals surface area contributed by atoms with Crippen molar-refractivity contribution in [2.24, 2.45) is 0 Å². The van der Waals surface area contributed by atoms with Gasteiger partial charge in [-0.05, 0) is 25.0 Å². The van der Waals surface area contributed by atoms with Crippen LogP contribution >= 0.6 is 0 Å². The molecule has 1 aliphatic rings. The van der Waals surface area contributed by atoms with Crippen molar-refractivity contribution in [1.82, 2.24) is 25.1 Å². The summed E-state index contributed by atoms with van der Waals surface area (Å²) in [5.74, 6) is 1.85. The zero-order chi connectivity index (χ0) is 18.5. The number of rotatable bonds is 7. The lowest BCUT2D eigenvalue weighted by Crippen LogP contribution is -2.38. The van der Waals surface area contributed by atoms with Gasteiger partial charge in [0, 0.05) is 50.6 Å². The molecule has 1 aromatic carbocycles. The third-order valence-electron chi connectivity index (χ3n) is 4.95. The predicted octanol–water partition coefficient (Wildman–Crippen LogP) is 2.46. The highest BCUT2D eigenvalue weighted by atomic mass is 15.3. The van der Waals surface area contributed by atoms with Crippen molar-refractivity contribution in [2.75, 3.05) is 30.4 Å². The predicted molar refractivity (Wildman–Crippen MR) is 107 cm³/mol. The van der Waals surface area contributed by atoms with Gasteiger partial charge in [-0.2, -0.15) is 5.10 Å². The van der Waals surface area contributed by atoms with Gasteiger partial charge in [0.1, 0.15) is 18.0 Å². The number of nitrogens with one attached hydrogen (secondary N) is 2. The number of anilines is 2. The number of aromatic nitrogens is 4. The Morgan fingerprint density at radius 1 is 1.19 bits per heavy atom. The van der Waals surface area contributed by atoms with Gasteiger partial charge >= 0.3 is 0 Å². The Bertz CT molecular complexity index is 862. The van der Waals surface area contributed by atoms with Crippen molar-refractivity contribution in [1.29, 1.82) is 0 Å². The fourth-order valence-corrected chi connectivity index (χ4v) is 3.55. The molecule has 1 fully saturated rings. The Labute approximate surface area is 159 Å². The van der Waals surface area contributed by atoms with Crippen molar-refractivity contribution in [3.05, 3.63) is 60.7 Å². The van der Waals surface area contributed by atoms with E-state index in [4.69, 9.17) is 0 Å². The second-order valence-corrected chi connectivity index (χ2v) is 6.76. The number of nitrogens with zero attached hydrogens (tertiary/aromatic N) is 5. The highest BCUT2D eigenvalue weighted by Crippen LogP contribution is 2.24. The lowest BCUT2D eigenvalue weighted by molar-refractivity contribution is 0.570. The van der Waals surface area contributed by atoms with Crippen LogP contribution in [0.4, 0.5) is 11.6 Å². The highest BCUT2D eigenvalue weighted by Gasteiger charge is 2.25. The first-order chi connectivity index (χ1) is 13.3. The molecule has 4 rings (SSSR count). The minimum absolute atomic E-state index is 0.453. The van der Waals surface area contributed by atoms with Crippen LogP contribution in [-0.4, -0.2) is 45.9 Å². The first-order valence-corrected chi connectivity index (χ1v) is 9.39. The largest absolute Gasteiger partial charge is 0.373 e.